The quantitative estimate of drug-likeness (QED) is 0.569. The SMILES string of the molecule is CCOc1ccc(-c2nc(NC(=O)CS(=O)(=O)c3ccc(Cl)cc3)sc2C)cc1. The standard InChI is InChI=1S/C20H19ClN2O4S2/c1-3-27-16-8-4-14(5-9-16)19-13(2)28-20(23-19)22-18(24)12-29(25,26)17-10-6-15(21)7-11-17/h4-11H,3,12H2,1-2H3,(H,22,23,24). The average molecular weight is 451 g/mol. The number of benzene rings is 2. The summed E-state index contributed by atoms with van der Waals surface area (Å²) in [6.45, 7) is 4.40. The number of carbonyl (C=O) groups is 1. The van der Waals surface area contributed by atoms with Gasteiger partial charge in [0, 0.05) is 15.5 Å². The normalized spacial score (nSPS) is 11.3. The number of nitrogens with zero attached hydrogens (tertiary/aromatic N) is 1. The highest BCUT2D eigenvalue weighted by atomic mass is 35.5. The number of hydrogen-bond acceptors (Lipinski definition) is 6. The molecule has 2 aromatic carbocycles. The third kappa shape index (κ3) is 5.35. The van der Waals surface area contributed by atoms with Crippen LogP contribution in [-0.4, -0.2) is 31.7 Å². The number of aryl methyl sites for hydroxylation is 1. The van der Waals surface area contributed by atoms with Crippen LogP contribution in [0.4, 0.5) is 5.13 Å². The maximum absolute atomic E-state index is 12.4. The van der Waals surface area contributed by atoms with Gasteiger partial charge in [-0.15, -0.1) is 11.3 Å². The van der Waals surface area contributed by atoms with E-state index in [1.165, 1.54) is 35.6 Å². The molecule has 0 aliphatic carbocycles. The fourth-order valence-electron chi connectivity index (χ4n) is 2.65. The number of rotatable bonds is 7. The molecule has 0 atom stereocenters. The molecule has 29 heavy (non-hydrogen) atoms. The lowest BCUT2D eigenvalue weighted by Gasteiger charge is -2.05. The van der Waals surface area contributed by atoms with E-state index in [0.717, 1.165) is 21.9 Å². The van der Waals surface area contributed by atoms with Gasteiger partial charge in [0.25, 0.3) is 0 Å². The van der Waals surface area contributed by atoms with Gasteiger partial charge in [0.15, 0.2) is 15.0 Å². The number of sulfone groups is 1. The van der Waals surface area contributed by atoms with Crippen LogP contribution in [0.25, 0.3) is 11.3 Å². The van der Waals surface area contributed by atoms with E-state index >= 15 is 0 Å². The third-order valence-corrected chi connectivity index (χ3v) is 6.75. The summed E-state index contributed by atoms with van der Waals surface area (Å²) in [6, 6.07) is 13.2. The first-order valence-corrected chi connectivity index (χ1v) is 11.6. The average Bonchev–Trinajstić information content (AvgIpc) is 3.02. The van der Waals surface area contributed by atoms with Crippen molar-refractivity contribution in [3.8, 4) is 17.0 Å². The van der Waals surface area contributed by atoms with Crippen molar-refractivity contribution in [2.45, 2.75) is 18.7 Å². The van der Waals surface area contributed by atoms with Gasteiger partial charge in [0.2, 0.25) is 5.91 Å². The van der Waals surface area contributed by atoms with E-state index < -0.39 is 21.5 Å². The molecule has 9 heteroatoms. The smallest absolute Gasteiger partial charge is 0.241 e. The van der Waals surface area contributed by atoms with E-state index in [0.29, 0.717) is 16.8 Å². The van der Waals surface area contributed by atoms with Gasteiger partial charge in [-0.3, -0.25) is 4.79 Å². The van der Waals surface area contributed by atoms with Crippen LogP contribution in [0, 0.1) is 6.92 Å². The van der Waals surface area contributed by atoms with E-state index in [1.807, 2.05) is 38.1 Å². The van der Waals surface area contributed by atoms with Crippen LogP contribution >= 0.6 is 22.9 Å². The van der Waals surface area contributed by atoms with E-state index in [4.69, 9.17) is 16.3 Å². The highest BCUT2D eigenvalue weighted by Crippen LogP contribution is 2.31. The summed E-state index contributed by atoms with van der Waals surface area (Å²) in [7, 11) is -3.77. The number of aromatic nitrogens is 1. The van der Waals surface area contributed by atoms with E-state index in [-0.39, 0.29) is 4.90 Å². The van der Waals surface area contributed by atoms with Gasteiger partial charge in [-0.1, -0.05) is 11.6 Å². The summed E-state index contributed by atoms with van der Waals surface area (Å²) < 4.78 is 30.2. The van der Waals surface area contributed by atoms with Crippen molar-refractivity contribution in [1.29, 1.82) is 0 Å². The lowest BCUT2D eigenvalue weighted by Crippen LogP contribution is -2.22. The van der Waals surface area contributed by atoms with Gasteiger partial charge in [-0.05, 0) is 62.4 Å². The predicted octanol–water partition coefficient (Wildman–Crippen LogP) is 4.58. The minimum atomic E-state index is -3.77. The van der Waals surface area contributed by atoms with Crippen molar-refractivity contribution < 1.29 is 17.9 Å². The van der Waals surface area contributed by atoms with Crippen LogP contribution in [0.1, 0.15) is 11.8 Å². The Morgan fingerprint density at radius 3 is 2.41 bits per heavy atom. The van der Waals surface area contributed by atoms with Gasteiger partial charge in [-0.2, -0.15) is 0 Å². The number of anilines is 1. The Hall–Kier alpha value is -2.42. The molecule has 0 fully saturated rings. The number of amides is 1. The first kappa shape index (κ1) is 21.3. The summed E-state index contributed by atoms with van der Waals surface area (Å²) in [5.74, 6) is -0.553. The molecule has 1 amide bonds. The van der Waals surface area contributed by atoms with E-state index in [1.54, 1.807) is 0 Å². The molecule has 1 N–H and O–H groups in total. The van der Waals surface area contributed by atoms with Gasteiger partial charge in [0.05, 0.1) is 17.2 Å². The zero-order chi connectivity index (χ0) is 21.0. The summed E-state index contributed by atoms with van der Waals surface area (Å²) in [6.07, 6.45) is 0. The zero-order valence-electron chi connectivity index (χ0n) is 15.8. The second kappa shape index (κ2) is 8.94. The number of carbonyl (C=O) groups excluding carboxylic acids is 1. The molecule has 152 valence electrons. The molecular formula is C20H19ClN2O4S2. The van der Waals surface area contributed by atoms with Crippen LogP contribution in [0.15, 0.2) is 53.4 Å². The maximum Gasteiger partial charge on any atom is 0.241 e. The molecule has 1 aromatic heterocycles. The molecule has 1 heterocycles. The Morgan fingerprint density at radius 2 is 1.79 bits per heavy atom. The van der Waals surface area contributed by atoms with Crippen LogP contribution in [-0.2, 0) is 14.6 Å². The first-order valence-electron chi connectivity index (χ1n) is 8.77. The number of hydrogen-bond donors (Lipinski definition) is 1. The van der Waals surface area contributed by atoms with Crippen molar-refractivity contribution in [2.24, 2.45) is 0 Å². The monoisotopic (exact) mass is 450 g/mol. The maximum atomic E-state index is 12.4. The number of thiazole rings is 1. The van der Waals surface area contributed by atoms with Gasteiger partial charge >= 0.3 is 0 Å². The second-order valence-corrected chi connectivity index (χ2v) is 9.77. The van der Waals surface area contributed by atoms with Crippen molar-refractivity contribution in [3.05, 3.63) is 58.4 Å². The fourth-order valence-corrected chi connectivity index (χ4v) is 4.76. The van der Waals surface area contributed by atoms with Crippen LogP contribution in [0.5, 0.6) is 5.75 Å². The highest BCUT2D eigenvalue weighted by molar-refractivity contribution is 7.92. The summed E-state index contributed by atoms with van der Waals surface area (Å²) in [5, 5.41) is 3.35. The molecule has 0 spiro atoms. The van der Waals surface area contributed by atoms with E-state index in [2.05, 4.69) is 10.3 Å². The molecular weight excluding hydrogens is 432 g/mol. The second-order valence-electron chi connectivity index (χ2n) is 6.14. The molecule has 0 saturated heterocycles. The Labute approximate surface area is 178 Å². The fraction of sp³-hybridized carbons (Fsp3) is 0.200. The van der Waals surface area contributed by atoms with Gasteiger partial charge in [-0.25, -0.2) is 13.4 Å². The predicted molar refractivity (Wildman–Crippen MR) is 116 cm³/mol. The molecule has 0 aliphatic heterocycles. The molecule has 0 saturated carbocycles. The molecule has 6 nitrogen and oxygen atoms in total. The van der Waals surface area contributed by atoms with Crippen molar-refractivity contribution in [2.75, 3.05) is 17.7 Å². The number of ether oxygens (including phenoxy) is 1. The highest BCUT2D eigenvalue weighted by Gasteiger charge is 2.21. The van der Waals surface area contributed by atoms with E-state index in [9.17, 15) is 13.2 Å². The molecule has 3 aromatic rings. The van der Waals surface area contributed by atoms with Crippen molar-refractivity contribution in [1.82, 2.24) is 4.98 Å². The third-order valence-electron chi connectivity index (χ3n) is 3.98. The van der Waals surface area contributed by atoms with Crippen LogP contribution in [0.2, 0.25) is 5.02 Å². The minimum absolute atomic E-state index is 0.0439. The van der Waals surface area contributed by atoms with Crippen LogP contribution in [0.3, 0.4) is 0 Å². The molecule has 3 rings (SSSR count). The summed E-state index contributed by atoms with van der Waals surface area (Å²) in [4.78, 5) is 17.7. The summed E-state index contributed by atoms with van der Waals surface area (Å²) in [5.41, 5.74) is 1.62. The molecule has 0 aliphatic rings. The Balaban J connectivity index is 1.71. The molecule has 0 bridgehead atoms. The van der Waals surface area contributed by atoms with Crippen LogP contribution < -0.4 is 10.1 Å². The molecule has 0 radical (unpaired) electrons. The zero-order valence-corrected chi connectivity index (χ0v) is 18.2. The molecule has 0 unspecified atom stereocenters. The Bertz CT molecular complexity index is 1110. The topological polar surface area (TPSA) is 85.4 Å². The summed E-state index contributed by atoms with van der Waals surface area (Å²) >= 11 is 7.07. The minimum Gasteiger partial charge on any atom is -0.494 e. The van der Waals surface area contributed by atoms with Crippen molar-refractivity contribution >= 4 is 43.8 Å². The Morgan fingerprint density at radius 1 is 1.14 bits per heavy atom. The number of nitrogens with one attached hydrogen (secondary N) is 1. The van der Waals surface area contributed by atoms with Gasteiger partial charge in [0.1, 0.15) is 11.5 Å². The lowest BCUT2D eigenvalue weighted by molar-refractivity contribution is -0.113. The Kier molecular flexibility index (Phi) is 6.56. The first-order chi connectivity index (χ1) is 13.8. The largest absolute Gasteiger partial charge is 0.494 e. The van der Waals surface area contributed by atoms with Crippen molar-refractivity contribution in [3.63, 3.8) is 0 Å². The van der Waals surface area contributed by atoms with Gasteiger partial charge < -0.3 is 10.1 Å². The number of halogens is 1. The lowest BCUT2D eigenvalue weighted by atomic mass is 10.1.